The van der Waals surface area contributed by atoms with Gasteiger partial charge in [-0.3, -0.25) is 0 Å². The Kier molecular flexibility index (Phi) is 6.64. The molecule has 224 valence electrons. The van der Waals surface area contributed by atoms with Crippen LogP contribution in [0.15, 0.2) is 152 Å². The normalized spacial score (nSPS) is 14.2. The van der Waals surface area contributed by atoms with Gasteiger partial charge in [-0.05, 0) is 63.4 Å². The molecule has 0 saturated heterocycles. The largest absolute Gasteiger partial charge is 0.208 e. The molecular weight excluding hydrogens is 571 g/mol. The lowest BCUT2D eigenvalue weighted by Gasteiger charge is -2.27. The molecule has 1 spiro atoms. The molecule has 9 rings (SSSR count). The molecule has 47 heavy (non-hydrogen) atoms. The minimum Gasteiger partial charge on any atom is -0.208 e. The third-order valence-electron chi connectivity index (χ3n) is 10.1. The van der Waals surface area contributed by atoms with Gasteiger partial charge in [0.05, 0.1) is 0 Å². The first kappa shape index (κ1) is 27.6. The van der Waals surface area contributed by atoms with Crippen LogP contribution < -0.4 is 0 Å². The molecule has 0 radical (unpaired) electrons. The molecule has 0 amide bonds. The Labute approximate surface area is 275 Å². The van der Waals surface area contributed by atoms with Crippen LogP contribution in [-0.2, 0) is 5.41 Å². The van der Waals surface area contributed by atoms with Gasteiger partial charge >= 0.3 is 0 Å². The molecule has 1 aromatic heterocycles. The highest BCUT2D eigenvalue weighted by molar-refractivity contribution is 5.84. The second kappa shape index (κ2) is 11.3. The summed E-state index contributed by atoms with van der Waals surface area (Å²) in [6.45, 7) is 0. The molecule has 3 nitrogen and oxygen atoms in total. The van der Waals surface area contributed by atoms with E-state index >= 15 is 0 Å². The van der Waals surface area contributed by atoms with Crippen molar-refractivity contribution >= 4 is 0 Å². The van der Waals surface area contributed by atoms with Crippen molar-refractivity contribution in [3.63, 3.8) is 0 Å². The molecule has 2 aliphatic carbocycles. The van der Waals surface area contributed by atoms with E-state index in [0.29, 0.717) is 17.5 Å². The van der Waals surface area contributed by atoms with Gasteiger partial charge in [-0.1, -0.05) is 158 Å². The summed E-state index contributed by atoms with van der Waals surface area (Å²) in [4.78, 5) is 14.9. The van der Waals surface area contributed by atoms with Crippen LogP contribution in [0.1, 0.15) is 36.8 Å². The number of nitrogens with zero attached hydrogens (tertiary/aromatic N) is 3. The molecule has 1 fully saturated rings. The third-order valence-corrected chi connectivity index (χ3v) is 10.1. The van der Waals surface area contributed by atoms with Gasteiger partial charge in [0.2, 0.25) is 0 Å². The predicted molar refractivity (Wildman–Crippen MR) is 192 cm³/mol. The van der Waals surface area contributed by atoms with Crippen LogP contribution in [0.4, 0.5) is 0 Å². The van der Waals surface area contributed by atoms with E-state index in [2.05, 4.69) is 115 Å². The first-order chi connectivity index (χ1) is 23.2. The van der Waals surface area contributed by atoms with E-state index in [1.165, 1.54) is 64.6 Å². The zero-order chi connectivity index (χ0) is 31.2. The topological polar surface area (TPSA) is 38.7 Å². The molecule has 1 heterocycles. The van der Waals surface area contributed by atoms with Crippen LogP contribution in [-0.4, -0.2) is 15.0 Å². The summed E-state index contributed by atoms with van der Waals surface area (Å²) in [5.41, 5.74) is 13.7. The summed E-state index contributed by atoms with van der Waals surface area (Å²) in [6, 6.07) is 53.9. The average molecular weight is 604 g/mol. The molecule has 2 aliphatic rings. The summed E-state index contributed by atoms with van der Waals surface area (Å²) in [7, 11) is 0. The second-order valence-corrected chi connectivity index (χ2v) is 12.8. The van der Waals surface area contributed by atoms with E-state index < -0.39 is 0 Å². The highest BCUT2D eigenvalue weighted by Crippen LogP contribution is 2.57. The number of hydrogen-bond donors (Lipinski definition) is 0. The lowest BCUT2D eigenvalue weighted by molar-refractivity contribution is 0.550. The van der Waals surface area contributed by atoms with Gasteiger partial charge in [-0.2, -0.15) is 0 Å². The van der Waals surface area contributed by atoms with Crippen LogP contribution in [0.2, 0.25) is 0 Å². The quantitative estimate of drug-likeness (QED) is 0.196. The Morgan fingerprint density at radius 1 is 0.340 bits per heavy atom. The Morgan fingerprint density at radius 3 is 1.34 bits per heavy atom. The number of hydrogen-bond acceptors (Lipinski definition) is 3. The number of benzene rings is 6. The lowest BCUT2D eigenvalue weighted by Crippen LogP contribution is -2.20. The van der Waals surface area contributed by atoms with Gasteiger partial charge in [-0.25, -0.2) is 15.0 Å². The van der Waals surface area contributed by atoms with Crippen LogP contribution in [0.5, 0.6) is 0 Å². The van der Waals surface area contributed by atoms with E-state index in [9.17, 15) is 0 Å². The van der Waals surface area contributed by atoms with Crippen molar-refractivity contribution in [2.75, 3.05) is 0 Å². The van der Waals surface area contributed by atoms with Gasteiger partial charge in [0.25, 0.3) is 0 Å². The highest BCUT2D eigenvalue weighted by Gasteiger charge is 2.44. The number of aromatic nitrogens is 3. The Bertz CT molecular complexity index is 2210. The van der Waals surface area contributed by atoms with E-state index in [4.69, 9.17) is 15.0 Å². The summed E-state index contributed by atoms with van der Waals surface area (Å²) in [5.74, 6) is 2.00. The van der Waals surface area contributed by atoms with Crippen molar-refractivity contribution in [2.45, 2.75) is 31.1 Å². The zero-order valence-corrected chi connectivity index (χ0v) is 26.1. The van der Waals surface area contributed by atoms with Crippen molar-refractivity contribution in [1.82, 2.24) is 15.0 Å². The first-order valence-electron chi connectivity index (χ1n) is 16.6. The number of rotatable bonds is 5. The highest BCUT2D eigenvalue weighted by atomic mass is 15.0. The van der Waals surface area contributed by atoms with Crippen LogP contribution >= 0.6 is 0 Å². The molecule has 3 heteroatoms. The molecule has 0 atom stereocenters. The monoisotopic (exact) mass is 603 g/mol. The smallest absolute Gasteiger partial charge is 0.164 e. The lowest BCUT2D eigenvalue weighted by atomic mass is 9.76. The van der Waals surface area contributed by atoms with Crippen molar-refractivity contribution in [3.05, 3.63) is 163 Å². The SMILES string of the molecule is c1ccc(-c2ccc(-c3nc(-c4ccccc4)nc(-c4ccc(-c5ccc6c(c5)C5(CCCC5)c5ccccc5-6)cc4)n3)cc2)cc1. The van der Waals surface area contributed by atoms with E-state index in [0.717, 1.165) is 22.3 Å². The van der Waals surface area contributed by atoms with Gasteiger partial charge in [0.15, 0.2) is 17.5 Å². The standard InChI is InChI=1S/C44H33N3/c1-3-11-30(12-4-1)31-17-21-34(22-18-31)42-45-41(33-13-5-2-6-14-33)46-43(47-42)35-23-19-32(20-24-35)36-25-26-38-37-15-7-8-16-39(37)44(40(38)29-36)27-9-10-28-44/h1-8,11-26,29H,9-10,27-28H2. The Balaban J connectivity index is 1.08. The van der Waals surface area contributed by atoms with Crippen molar-refractivity contribution < 1.29 is 0 Å². The van der Waals surface area contributed by atoms with E-state index in [-0.39, 0.29) is 5.41 Å². The fourth-order valence-corrected chi connectivity index (χ4v) is 7.76. The Morgan fingerprint density at radius 2 is 0.745 bits per heavy atom. The van der Waals surface area contributed by atoms with Crippen LogP contribution in [0, 0.1) is 0 Å². The predicted octanol–water partition coefficient (Wildman–Crippen LogP) is 11.0. The fraction of sp³-hybridized carbons (Fsp3) is 0.114. The Hall–Kier alpha value is -5.67. The van der Waals surface area contributed by atoms with Crippen molar-refractivity contribution in [1.29, 1.82) is 0 Å². The van der Waals surface area contributed by atoms with Gasteiger partial charge in [-0.15, -0.1) is 0 Å². The summed E-state index contributed by atoms with van der Waals surface area (Å²) in [6.07, 6.45) is 5.06. The molecule has 0 N–H and O–H groups in total. The second-order valence-electron chi connectivity index (χ2n) is 12.8. The maximum atomic E-state index is 5.00. The van der Waals surface area contributed by atoms with Gasteiger partial charge < -0.3 is 0 Å². The molecular formula is C44H33N3. The fourth-order valence-electron chi connectivity index (χ4n) is 7.76. The molecule has 0 bridgehead atoms. The van der Waals surface area contributed by atoms with Crippen LogP contribution in [0.25, 0.3) is 67.5 Å². The van der Waals surface area contributed by atoms with E-state index in [1.54, 1.807) is 0 Å². The molecule has 7 aromatic rings. The maximum Gasteiger partial charge on any atom is 0.164 e. The third kappa shape index (κ3) is 4.78. The molecule has 6 aromatic carbocycles. The van der Waals surface area contributed by atoms with Crippen molar-refractivity contribution in [2.24, 2.45) is 0 Å². The molecule has 1 saturated carbocycles. The van der Waals surface area contributed by atoms with Crippen molar-refractivity contribution in [3.8, 4) is 67.5 Å². The van der Waals surface area contributed by atoms with Crippen LogP contribution in [0.3, 0.4) is 0 Å². The summed E-state index contributed by atoms with van der Waals surface area (Å²) in [5, 5.41) is 0. The maximum absolute atomic E-state index is 5.00. The minimum absolute atomic E-state index is 0.163. The molecule has 0 aliphatic heterocycles. The summed E-state index contributed by atoms with van der Waals surface area (Å²) < 4.78 is 0. The minimum atomic E-state index is 0.163. The average Bonchev–Trinajstić information content (AvgIpc) is 3.76. The zero-order valence-electron chi connectivity index (χ0n) is 26.1. The van der Waals surface area contributed by atoms with Gasteiger partial charge in [0, 0.05) is 22.1 Å². The summed E-state index contributed by atoms with van der Waals surface area (Å²) >= 11 is 0. The molecule has 0 unspecified atom stereocenters. The van der Waals surface area contributed by atoms with Gasteiger partial charge in [0.1, 0.15) is 0 Å². The number of fused-ring (bicyclic) bond motifs is 5. The first-order valence-corrected chi connectivity index (χ1v) is 16.6. The van der Waals surface area contributed by atoms with E-state index in [1.807, 2.05) is 36.4 Å².